The summed E-state index contributed by atoms with van der Waals surface area (Å²) < 4.78 is 1.85. The molecule has 5 nitrogen and oxygen atoms in total. The molecule has 2 heterocycles. The van der Waals surface area contributed by atoms with E-state index in [1.165, 1.54) is 5.56 Å². The van der Waals surface area contributed by atoms with Crippen LogP contribution in [-0.4, -0.2) is 28.5 Å². The van der Waals surface area contributed by atoms with Crippen molar-refractivity contribution in [2.75, 3.05) is 18.0 Å². The number of rotatable bonds is 3. The van der Waals surface area contributed by atoms with Crippen molar-refractivity contribution in [1.29, 1.82) is 0 Å². The highest BCUT2D eigenvalue weighted by Gasteiger charge is 2.27. The van der Waals surface area contributed by atoms with Gasteiger partial charge in [-0.2, -0.15) is 0 Å². The van der Waals surface area contributed by atoms with Crippen molar-refractivity contribution in [3.05, 3.63) is 48.0 Å². The first-order valence-electron chi connectivity index (χ1n) is 7.30. The van der Waals surface area contributed by atoms with Gasteiger partial charge in [0.2, 0.25) is 0 Å². The van der Waals surface area contributed by atoms with E-state index in [1.807, 2.05) is 27.7 Å². The van der Waals surface area contributed by atoms with Crippen LogP contribution in [0.4, 0.5) is 5.69 Å². The van der Waals surface area contributed by atoms with Gasteiger partial charge in [-0.1, -0.05) is 25.1 Å². The highest BCUT2D eigenvalue weighted by Crippen LogP contribution is 2.30. The molecule has 2 N–H and O–H groups in total. The molecule has 2 aromatic rings. The summed E-state index contributed by atoms with van der Waals surface area (Å²) in [5, 5.41) is 0. The van der Waals surface area contributed by atoms with Crippen LogP contribution in [0.5, 0.6) is 0 Å². The van der Waals surface area contributed by atoms with Crippen molar-refractivity contribution in [3.8, 4) is 0 Å². The molecule has 0 saturated heterocycles. The molecule has 5 heteroatoms. The molecule has 0 fully saturated rings. The van der Waals surface area contributed by atoms with Gasteiger partial charge in [-0.25, -0.2) is 4.98 Å². The van der Waals surface area contributed by atoms with E-state index in [-0.39, 0.29) is 5.91 Å². The standard InChI is InChI=1S/C16H20N4O/c1-12-8-13-4-2-3-5-15(13)20(9-12)16(21)14-10-19(7-6-17)11-18-14/h2-5,10-12H,6-9,17H2,1H3. The Bertz CT molecular complexity index is 649. The van der Waals surface area contributed by atoms with Crippen molar-refractivity contribution >= 4 is 11.6 Å². The second kappa shape index (κ2) is 5.69. The number of hydrogen-bond donors (Lipinski definition) is 1. The van der Waals surface area contributed by atoms with Crippen molar-refractivity contribution in [2.24, 2.45) is 11.7 Å². The van der Waals surface area contributed by atoms with Gasteiger partial charge in [0.25, 0.3) is 5.91 Å². The van der Waals surface area contributed by atoms with E-state index in [9.17, 15) is 4.79 Å². The molecule has 0 spiro atoms. The molecule has 0 radical (unpaired) electrons. The van der Waals surface area contributed by atoms with E-state index >= 15 is 0 Å². The maximum absolute atomic E-state index is 12.7. The summed E-state index contributed by atoms with van der Waals surface area (Å²) >= 11 is 0. The average Bonchev–Trinajstić information content (AvgIpc) is 2.94. The molecule has 1 aromatic heterocycles. The predicted molar refractivity (Wildman–Crippen MR) is 82.3 cm³/mol. The third-order valence-corrected chi connectivity index (χ3v) is 3.83. The van der Waals surface area contributed by atoms with E-state index in [2.05, 4.69) is 18.0 Å². The highest BCUT2D eigenvalue weighted by atomic mass is 16.2. The summed E-state index contributed by atoms with van der Waals surface area (Å²) in [6.45, 7) is 4.11. The molecule has 110 valence electrons. The molecule has 1 aromatic carbocycles. The molecule has 1 amide bonds. The van der Waals surface area contributed by atoms with Crippen LogP contribution in [0, 0.1) is 5.92 Å². The number of fused-ring (bicyclic) bond motifs is 1. The van der Waals surface area contributed by atoms with E-state index in [4.69, 9.17) is 5.73 Å². The molecule has 3 rings (SSSR count). The van der Waals surface area contributed by atoms with E-state index in [0.717, 1.165) is 18.7 Å². The molecule has 1 atom stereocenters. The summed E-state index contributed by atoms with van der Waals surface area (Å²) in [4.78, 5) is 18.8. The molecule has 0 saturated carbocycles. The van der Waals surface area contributed by atoms with Gasteiger partial charge in [0, 0.05) is 31.5 Å². The number of para-hydroxylation sites is 1. The van der Waals surface area contributed by atoms with Crippen LogP contribution in [0.15, 0.2) is 36.8 Å². The summed E-state index contributed by atoms with van der Waals surface area (Å²) in [6, 6.07) is 8.10. The Labute approximate surface area is 124 Å². The first-order valence-corrected chi connectivity index (χ1v) is 7.30. The fourth-order valence-corrected chi connectivity index (χ4v) is 2.87. The first-order chi connectivity index (χ1) is 10.2. The van der Waals surface area contributed by atoms with Gasteiger partial charge >= 0.3 is 0 Å². The van der Waals surface area contributed by atoms with E-state index in [1.54, 1.807) is 12.5 Å². The number of carbonyl (C=O) groups excluding carboxylic acids is 1. The van der Waals surface area contributed by atoms with Crippen LogP contribution in [-0.2, 0) is 13.0 Å². The molecule has 21 heavy (non-hydrogen) atoms. The number of nitrogens with two attached hydrogens (primary N) is 1. The normalized spacial score (nSPS) is 17.6. The van der Waals surface area contributed by atoms with Gasteiger partial charge in [-0.15, -0.1) is 0 Å². The molecule has 1 aliphatic heterocycles. The van der Waals surface area contributed by atoms with Crippen LogP contribution < -0.4 is 10.6 Å². The Balaban J connectivity index is 1.90. The van der Waals surface area contributed by atoms with Crippen LogP contribution in [0.1, 0.15) is 23.0 Å². The number of anilines is 1. The minimum absolute atomic E-state index is 0.0372. The van der Waals surface area contributed by atoms with Crippen LogP contribution in [0.25, 0.3) is 0 Å². The zero-order valence-electron chi connectivity index (χ0n) is 12.2. The lowest BCUT2D eigenvalue weighted by Crippen LogP contribution is -2.39. The number of carbonyl (C=O) groups is 1. The van der Waals surface area contributed by atoms with Crippen molar-refractivity contribution < 1.29 is 4.79 Å². The summed E-state index contributed by atoms with van der Waals surface area (Å²) in [7, 11) is 0. The number of nitrogens with zero attached hydrogens (tertiary/aromatic N) is 3. The van der Waals surface area contributed by atoms with Gasteiger partial charge in [0.05, 0.1) is 6.33 Å². The fraction of sp³-hybridized carbons (Fsp3) is 0.375. The number of hydrogen-bond acceptors (Lipinski definition) is 3. The second-order valence-electron chi connectivity index (χ2n) is 5.64. The zero-order valence-corrected chi connectivity index (χ0v) is 12.2. The van der Waals surface area contributed by atoms with Gasteiger partial charge < -0.3 is 15.2 Å². The van der Waals surface area contributed by atoms with E-state index in [0.29, 0.717) is 24.7 Å². The Hall–Kier alpha value is -2.14. The van der Waals surface area contributed by atoms with Gasteiger partial charge in [-0.3, -0.25) is 4.79 Å². The Morgan fingerprint density at radius 2 is 2.24 bits per heavy atom. The summed E-state index contributed by atoms with van der Waals surface area (Å²) in [5.41, 5.74) is 8.24. The predicted octanol–water partition coefficient (Wildman–Crippen LogP) is 1.68. The van der Waals surface area contributed by atoms with Crippen molar-refractivity contribution in [1.82, 2.24) is 9.55 Å². The third-order valence-electron chi connectivity index (χ3n) is 3.83. The van der Waals surface area contributed by atoms with Crippen molar-refractivity contribution in [3.63, 3.8) is 0 Å². The number of imidazole rings is 1. The third kappa shape index (κ3) is 2.69. The molecule has 1 aliphatic rings. The first kappa shape index (κ1) is 13.8. The number of aromatic nitrogens is 2. The molecule has 0 aliphatic carbocycles. The lowest BCUT2D eigenvalue weighted by molar-refractivity contribution is 0.0976. The minimum atomic E-state index is -0.0372. The smallest absolute Gasteiger partial charge is 0.278 e. The minimum Gasteiger partial charge on any atom is -0.335 e. The quantitative estimate of drug-likeness (QED) is 0.932. The maximum Gasteiger partial charge on any atom is 0.278 e. The Kier molecular flexibility index (Phi) is 3.75. The largest absolute Gasteiger partial charge is 0.335 e. The van der Waals surface area contributed by atoms with E-state index < -0.39 is 0 Å². The van der Waals surface area contributed by atoms with Crippen molar-refractivity contribution in [2.45, 2.75) is 19.9 Å². The maximum atomic E-state index is 12.7. The monoisotopic (exact) mass is 284 g/mol. The highest BCUT2D eigenvalue weighted by molar-refractivity contribution is 6.05. The van der Waals surface area contributed by atoms with Gasteiger partial charge in [0.1, 0.15) is 5.69 Å². The average molecular weight is 284 g/mol. The molecular formula is C16H20N4O. The lowest BCUT2D eigenvalue weighted by Gasteiger charge is -2.32. The summed E-state index contributed by atoms with van der Waals surface area (Å²) in [6.07, 6.45) is 4.46. The molecule has 0 bridgehead atoms. The van der Waals surface area contributed by atoms with Gasteiger partial charge in [-0.05, 0) is 24.0 Å². The Morgan fingerprint density at radius 1 is 1.43 bits per heavy atom. The summed E-state index contributed by atoms with van der Waals surface area (Å²) in [5.74, 6) is 0.416. The number of benzene rings is 1. The van der Waals surface area contributed by atoms with Crippen LogP contribution in [0.2, 0.25) is 0 Å². The van der Waals surface area contributed by atoms with Crippen LogP contribution in [0.3, 0.4) is 0 Å². The topological polar surface area (TPSA) is 64.2 Å². The number of amides is 1. The van der Waals surface area contributed by atoms with Crippen LogP contribution >= 0.6 is 0 Å². The fourth-order valence-electron chi connectivity index (χ4n) is 2.87. The SMILES string of the molecule is CC1Cc2ccccc2N(C(=O)c2cn(CCN)cn2)C1. The van der Waals surface area contributed by atoms with Gasteiger partial charge in [0.15, 0.2) is 0 Å². The molecule has 1 unspecified atom stereocenters. The second-order valence-corrected chi connectivity index (χ2v) is 5.64. The Morgan fingerprint density at radius 3 is 3.05 bits per heavy atom. The lowest BCUT2D eigenvalue weighted by atomic mass is 9.94. The zero-order chi connectivity index (χ0) is 14.8. The molecular weight excluding hydrogens is 264 g/mol.